The van der Waals surface area contributed by atoms with Crippen LogP contribution in [-0.4, -0.2) is 29.9 Å². The molecule has 1 aromatic rings. The third kappa shape index (κ3) is 3.76. The zero-order valence-corrected chi connectivity index (χ0v) is 13.4. The van der Waals surface area contributed by atoms with Gasteiger partial charge in [-0.2, -0.15) is 0 Å². The van der Waals surface area contributed by atoms with Crippen LogP contribution in [0.25, 0.3) is 0 Å². The largest absolute Gasteiger partial charge is 0.398 e. The Kier molecular flexibility index (Phi) is 5.23. The third-order valence-electron chi connectivity index (χ3n) is 4.57. The molecule has 2 atom stereocenters. The van der Waals surface area contributed by atoms with Crippen molar-refractivity contribution in [2.75, 3.05) is 24.1 Å². The Morgan fingerprint density at radius 1 is 1.52 bits per heavy atom. The number of nitrogens with one attached hydrogen (secondary N) is 1. The van der Waals surface area contributed by atoms with E-state index in [-0.39, 0.29) is 11.9 Å². The van der Waals surface area contributed by atoms with E-state index in [0.717, 1.165) is 30.3 Å². The lowest BCUT2D eigenvalue weighted by molar-refractivity contribution is -0.120. The summed E-state index contributed by atoms with van der Waals surface area (Å²) in [6.07, 6.45) is 3.70. The number of nitrogens with zero attached hydrogens (tertiary/aromatic N) is 1. The van der Waals surface area contributed by atoms with Gasteiger partial charge in [-0.05, 0) is 56.8 Å². The maximum Gasteiger partial charge on any atom is 0.241 e. The van der Waals surface area contributed by atoms with Crippen molar-refractivity contribution in [1.82, 2.24) is 4.90 Å². The molecule has 2 unspecified atom stereocenters. The highest BCUT2D eigenvalue weighted by Crippen LogP contribution is 2.24. The van der Waals surface area contributed by atoms with E-state index in [1.54, 1.807) is 0 Å². The molecule has 21 heavy (non-hydrogen) atoms. The van der Waals surface area contributed by atoms with Crippen molar-refractivity contribution in [2.24, 2.45) is 5.92 Å². The van der Waals surface area contributed by atoms with Gasteiger partial charge in [0.05, 0.1) is 6.04 Å². The molecule has 3 N–H and O–H groups in total. The molecule has 0 aliphatic carbocycles. The van der Waals surface area contributed by atoms with Crippen LogP contribution in [0.2, 0.25) is 0 Å². The molecule has 0 aromatic heterocycles. The molecule has 4 nitrogen and oxygen atoms in total. The molecule has 0 bridgehead atoms. The first-order chi connectivity index (χ1) is 10.0. The number of carbonyl (C=O) groups is 1. The summed E-state index contributed by atoms with van der Waals surface area (Å²) in [5.41, 5.74) is 8.35. The number of benzene rings is 1. The lowest BCUT2D eigenvalue weighted by atomic mass is 10.0. The molecule has 4 heteroatoms. The zero-order chi connectivity index (χ0) is 15.4. The average molecular weight is 289 g/mol. The van der Waals surface area contributed by atoms with Gasteiger partial charge in [-0.15, -0.1) is 0 Å². The second-order valence-electron chi connectivity index (χ2n) is 6.12. The highest BCUT2D eigenvalue weighted by atomic mass is 16.2. The smallest absolute Gasteiger partial charge is 0.241 e. The maximum absolute atomic E-state index is 12.4. The number of amides is 1. The highest BCUT2D eigenvalue weighted by molar-refractivity contribution is 5.95. The lowest BCUT2D eigenvalue weighted by Gasteiger charge is -2.24. The van der Waals surface area contributed by atoms with Gasteiger partial charge in [0.1, 0.15) is 0 Å². The Morgan fingerprint density at radius 2 is 2.29 bits per heavy atom. The van der Waals surface area contributed by atoms with Crippen LogP contribution in [0.5, 0.6) is 0 Å². The fourth-order valence-electron chi connectivity index (χ4n) is 3.05. The number of anilines is 2. The maximum atomic E-state index is 12.4. The number of rotatable bonds is 5. The van der Waals surface area contributed by atoms with Gasteiger partial charge in [-0.3, -0.25) is 9.69 Å². The molecule has 1 heterocycles. The van der Waals surface area contributed by atoms with Gasteiger partial charge in [-0.25, -0.2) is 0 Å². The Bertz CT molecular complexity index is 501. The van der Waals surface area contributed by atoms with Crippen molar-refractivity contribution in [1.29, 1.82) is 0 Å². The van der Waals surface area contributed by atoms with Crippen molar-refractivity contribution in [3.8, 4) is 0 Å². The minimum atomic E-state index is -0.0901. The lowest BCUT2D eigenvalue weighted by Crippen LogP contribution is -2.40. The number of carbonyl (C=O) groups excluding carboxylic acids is 1. The van der Waals surface area contributed by atoms with Crippen LogP contribution in [0, 0.1) is 12.8 Å². The van der Waals surface area contributed by atoms with Gasteiger partial charge in [0.2, 0.25) is 5.91 Å². The molecule has 2 rings (SSSR count). The summed E-state index contributed by atoms with van der Waals surface area (Å²) in [6, 6.07) is 5.54. The molecular weight excluding hydrogens is 262 g/mol. The first kappa shape index (κ1) is 15.8. The zero-order valence-electron chi connectivity index (χ0n) is 13.4. The van der Waals surface area contributed by atoms with E-state index in [1.165, 1.54) is 19.3 Å². The standard InChI is InChI=1S/C17H27N3O/c1-4-6-14-9-10-20(11-14)13(3)17(21)19-16-8-5-7-15(18)12(16)2/h5,7-8,13-14H,4,6,9-11,18H2,1-3H3,(H,19,21). The number of hydrogen-bond acceptors (Lipinski definition) is 3. The molecule has 1 aliphatic rings. The predicted octanol–water partition coefficient (Wildman–Crippen LogP) is 3.03. The molecule has 0 saturated carbocycles. The van der Waals surface area contributed by atoms with E-state index < -0.39 is 0 Å². The van der Waals surface area contributed by atoms with Crippen molar-refractivity contribution in [3.05, 3.63) is 23.8 Å². The van der Waals surface area contributed by atoms with Crippen molar-refractivity contribution in [3.63, 3.8) is 0 Å². The van der Waals surface area contributed by atoms with Crippen molar-refractivity contribution >= 4 is 17.3 Å². The fourth-order valence-corrected chi connectivity index (χ4v) is 3.05. The summed E-state index contributed by atoms with van der Waals surface area (Å²) in [4.78, 5) is 14.7. The molecule has 1 fully saturated rings. The normalized spacial score (nSPS) is 20.4. The SMILES string of the molecule is CCCC1CCN(C(C)C(=O)Nc2cccc(N)c2C)C1. The van der Waals surface area contributed by atoms with Crippen LogP contribution in [-0.2, 0) is 4.79 Å². The molecule has 0 radical (unpaired) electrons. The second-order valence-corrected chi connectivity index (χ2v) is 6.12. The minimum absolute atomic E-state index is 0.0563. The van der Waals surface area contributed by atoms with E-state index in [2.05, 4.69) is 17.1 Å². The number of likely N-dealkylation sites (tertiary alicyclic amines) is 1. The monoisotopic (exact) mass is 289 g/mol. The first-order valence-electron chi connectivity index (χ1n) is 7.93. The molecule has 1 aromatic carbocycles. The predicted molar refractivity (Wildman–Crippen MR) is 88.3 cm³/mol. The van der Waals surface area contributed by atoms with Gasteiger partial charge in [0.15, 0.2) is 0 Å². The van der Waals surface area contributed by atoms with E-state index in [1.807, 2.05) is 32.0 Å². The highest BCUT2D eigenvalue weighted by Gasteiger charge is 2.29. The molecule has 1 saturated heterocycles. The number of hydrogen-bond donors (Lipinski definition) is 2. The van der Waals surface area contributed by atoms with E-state index in [9.17, 15) is 4.79 Å². The fraction of sp³-hybridized carbons (Fsp3) is 0.588. The van der Waals surface area contributed by atoms with Crippen LogP contribution >= 0.6 is 0 Å². The molecular formula is C17H27N3O. The first-order valence-corrected chi connectivity index (χ1v) is 7.93. The minimum Gasteiger partial charge on any atom is -0.398 e. The average Bonchev–Trinajstić information content (AvgIpc) is 2.92. The molecule has 116 valence electrons. The topological polar surface area (TPSA) is 58.4 Å². The van der Waals surface area contributed by atoms with Crippen LogP contribution in [0.3, 0.4) is 0 Å². The third-order valence-corrected chi connectivity index (χ3v) is 4.57. The Balaban J connectivity index is 1.95. The summed E-state index contributed by atoms with van der Waals surface area (Å²) in [6.45, 7) is 8.21. The van der Waals surface area contributed by atoms with Gasteiger partial charge in [-0.1, -0.05) is 19.4 Å². The summed E-state index contributed by atoms with van der Waals surface area (Å²) in [5, 5.41) is 3.01. The van der Waals surface area contributed by atoms with E-state index >= 15 is 0 Å². The molecule has 1 amide bonds. The van der Waals surface area contributed by atoms with Crippen LogP contribution in [0.1, 0.15) is 38.7 Å². The van der Waals surface area contributed by atoms with Gasteiger partial charge >= 0.3 is 0 Å². The molecule has 1 aliphatic heterocycles. The van der Waals surface area contributed by atoms with E-state index in [4.69, 9.17) is 5.73 Å². The second kappa shape index (κ2) is 6.94. The number of nitrogen functional groups attached to an aromatic ring is 1. The summed E-state index contributed by atoms with van der Waals surface area (Å²) < 4.78 is 0. The van der Waals surface area contributed by atoms with Gasteiger partial charge in [0, 0.05) is 17.9 Å². The Hall–Kier alpha value is -1.55. The Morgan fingerprint density at radius 3 is 3.00 bits per heavy atom. The quantitative estimate of drug-likeness (QED) is 0.819. The number of nitrogens with two attached hydrogens (primary N) is 1. The van der Waals surface area contributed by atoms with Crippen molar-refractivity contribution < 1.29 is 4.79 Å². The van der Waals surface area contributed by atoms with Gasteiger partial charge < -0.3 is 11.1 Å². The van der Waals surface area contributed by atoms with Crippen LogP contribution in [0.4, 0.5) is 11.4 Å². The summed E-state index contributed by atoms with van der Waals surface area (Å²) in [7, 11) is 0. The summed E-state index contributed by atoms with van der Waals surface area (Å²) in [5.74, 6) is 0.806. The van der Waals surface area contributed by atoms with Crippen LogP contribution in [0.15, 0.2) is 18.2 Å². The van der Waals surface area contributed by atoms with Crippen molar-refractivity contribution in [2.45, 2.75) is 46.1 Å². The van der Waals surface area contributed by atoms with Gasteiger partial charge in [0.25, 0.3) is 0 Å². The van der Waals surface area contributed by atoms with E-state index in [0.29, 0.717) is 5.69 Å². The van der Waals surface area contributed by atoms with Crippen LogP contribution < -0.4 is 11.1 Å². The molecule has 0 spiro atoms. The summed E-state index contributed by atoms with van der Waals surface area (Å²) >= 11 is 0. The Labute approximate surface area is 127 Å².